The summed E-state index contributed by atoms with van der Waals surface area (Å²) in [6.45, 7) is 14.0. The van der Waals surface area contributed by atoms with E-state index in [1.807, 2.05) is 13.8 Å². The molecule has 0 fully saturated rings. The Bertz CT molecular complexity index is 712. The molecule has 2 N–H and O–H groups in total. The molecule has 0 aliphatic heterocycles. The van der Waals surface area contributed by atoms with Gasteiger partial charge in [0.1, 0.15) is 11.5 Å². The summed E-state index contributed by atoms with van der Waals surface area (Å²) >= 11 is 0. The van der Waals surface area contributed by atoms with Crippen molar-refractivity contribution in [2.24, 2.45) is 11.8 Å². The van der Waals surface area contributed by atoms with Crippen LogP contribution in [0.15, 0.2) is 24.3 Å². The van der Waals surface area contributed by atoms with Gasteiger partial charge in [0.25, 0.3) is 0 Å². The maximum absolute atomic E-state index is 9.18. The molecule has 0 saturated carbocycles. The molecule has 2 aromatic carbocycles. The maximum Gasteiger partial charge on any atom is 0.125 e. The van der Waals surface area contributed by atoms with Crippen molar-refractivity contribution in [1.82, 2.24) is 0 Å². The van der Waals surface area contributed by atoms with E-state index in [4.69, 9.17) is 9.47 Å². The van der Waals surface area contributed by atoms with Gasteiger partial charge in [-0.2, -0.15) is 0 Å². The first-order valence-electron chi connectivity index (χ1n) is 11.0. The van der Waals surface area contributed by atoms with Crippen LogP contribution in [0.1, 0.15) is 48.9 Å². The Hall–Kier alpha value is -2.04. The second-order valence-corrected chi connectivity index (χ2v) is 8.73. The van der Waals surface area contributed by atoms with Crippen LogP contribution >= 0.6 is 0 Å². The number of hydrogen-bond donors (Lipinski definition) is 2. The van der Waals surface area contributed by atoms with E-state index in [0.717, 1.165) is 46.6 Å². The van der Waals surface area contributed by atoms with Crippen molar-refractivity contribution in [2.75, 3.05) is 26.4 Å². The summed E-state index contributed by atoms with van der Waals surface area (Å²) in [5.41, 5.74) is 6.83. The molecule has 2 atom stereocenters. The molecule has 2 rings (SSSR count). The van der Waals surface area contributed by atoms with Crippen molar-refractivity contribution in [3.05, 3.63) is 46.5 Å². The van der Waals surface area contributed by atoms with Crippen molar-refractivity contribution < 1.29 is 19.7 Å². The highest BCUT2D eigenvalue weighted by atomic mass is 16.5. The van der Waals surface area contributed by atoms with E-state index in [2.05, 4.69) is 52.0 Å². The largest absolute Gasteiger partial charge is 0.493 e. The van der Waals surface area contributed by atoms with Crippen LogP contribution in [0.3, 0.4) is 0 Å². The molecular weight excluding hydrogens is 376 g/mol. The van der Waals surface area contributed by atoms with Crippen LogP contribution in [0.25, 0.3) is 11.1 Å². The van der Waals surface area contributed by atoms with Gasteiger partial charge in [-0.25, -0.2) is 0 Å². The number of aliphatic hydroxyl groups excluding tert-OH is 2. The van der Waals surface area contributed by atoms with Crippen LogP contribution in [0.4, 0.5) is 0 Å². The minimum atomic E-state index is 0.194. The van der Waals surface area contributed by atoms with Gasteiger partial charge in [0.15, 0.2) is 0 Å². The lowest BCUT2D eigenvalue weighted by molar-refractivity contribution is 0.201. The molecule has 0 aliphatic carbocycles. The molecule has 0 amide bonds. The van der Waals surface area contributed by atoms with Gasteiger partial charge < -0.3 is 19.7 Å². The summed E-state index contributed by atoms with van der Waals surface area (Å²) in [5, 5.41) is 18.4. The fourth-order valence-corrected chi connectivity index (χ4v) is 3.60. The van der Waals surface area contributed by atoms with Gasteiger partial charge in [-0.15, -0.1) is 0 Å². The second kappa shape index (κ2) is 11.4. The van der Waals surface area contributed by atoms with E-state index in [0.29, 0.717) is 13.2 Å². The standard InChI is InChI=1S/C26H38O4/c1-17(15-27)7-9-29-25-19(3)11-23(12-20(25)4)24-13-21(5)26(22(6)14-24)30-10-8-18(2)16-28/h11-14,17-18,27-28H,7-10,15-16H2,1-6H3. The highest BCUT2D eigenvalue weighted by Gasteiger charge is 2.12. The first-order chi connectivity index (χ1) is 14.3. The van der Waals surface area contributed by atoms with Gasteiger partial charge >= 0.3 is 0 Å². The van der Waals surface area contributed by atoms with Crippen molar-refractivity contribution in [3.8, 4) is 22.6 Å². The summed E-state index contributed by atoms with van der Waals surface area (Å²) in [7, 11) is 0. The van der Waals surface area contributed by atoms with Crippen LogP contribution in [0.5, 0.6) is 11.5 Å². The smallest absolute Gasteiger partial charge is 0.125 e. The number of rotatable bonds is 11. The molecule has 166 valence electrons. The number of hydrogen-bond acceptors (Lipinski definition) is 4. The molecule has 30 heavy (non-hydrogen) atoms. The van der Waals surface area contributed by atoms with Gasteiger partial charge in [0, 0.05) is 13.2 Å². The molecule has 0 saturated heterocycles. The Labute approximate surface area is 181 Å². The molecule has 2 unspecified atom stereocenters. The Kier molecular flexibility index (Phi) is 9.19. The lowest BCUT2D eigenvalue weighted by Crippen LogP contribution is -2.09. The predicted molar refractivity (Wildman–Crippen MR) is 124 cm³/mol. The van der Waals surface area contributed by atoms with Crippen LogP contribution in [0.2, 0.25) is 0 Å². The van der Waals surface area contributed by atoms with Crippen LogP contribution < -0.4 is 9.47 Å². The molecule has 0 heterocycles. The first-order valence-corrected chi connectivity index (χ1v) is 11.0. The topological polar surface area (TPSA) is 58.9 Å². The highest BCUT2D eigenvalue weighted by molar-refractivity contribution is 5.70. The van der Waals surface area contributed by atoms with Crippen molar-refractivity contribution in [3.63, 3.8) is 0 Å². The Balaban J connectivity index is 2.17. The fraction of sp³-hybridized carbons (Fsp3) is 0.538. The average molecular weight is 415 g/mol. The summed E-state index contributed by atoms with van der Waals surface area (Å²) in [6, 6.07) is 8.70. The van der Waals surface area contributed by atoms with Crippen LogP contribution in [-0.4, -0.2) is 36.6 Å². The summed E-state index contributed by atoms with van der Waals surface area (Å²) in [5.74, 6) is 2.39. The quantitative estimate of drug-likeness (QED) is 0.518. The van der Waals surface area contributed by atoms with E-state index in [-0.39, 0.29) is 25.0 Å². The van der Waals surface area contributed by atoms with E-state index < -0.39 is 0 Å². The molecular formula is C26H38O4. The van der Waals surface area contributed by atoms with Crippen LogP contribution in [0, 0.1) is 39.5 Å². The summed E-state index contributed by atoms with van der Waals surface area (Å²) < 4.78 is 12.0. The zero-order chi connectivity index (χ0) is 22.3. The monoisotopic (exact) mass is 414 g/mol. The zero-order valence-corrected chi connectivity index (χ0v) is 19.4. The van der Waals surface area contributed by atoms with E-state index >= 15 is 0 Å². The Morgan fingerprint density at radius 2 is 0.933 bits per heavy atom. The number of aliphatic hydroxyl groups is 2. The van der Waals surface area contributed by atoms with Gasteiger partial charge in [-0.1, -0.05) is 13.8 Å². The zero-order valence-electron chi connectivity index (χ0n) is 19.4. The van der Waals surface area contributed by atoms with Gasteiger partial charge in [0.05, 0.1) is 13.2 Å². The SMILES string of the molecule is Cc1cc(-c2cc(C)c(OCCC(C)CO)c(C)c2)cc(C)c1OCCC(C)CO. The molecule has 4 nitrogen and oxygen atoms in total. The van der Waals surface area contributed by atoms with Gasteiger partial charge in [-0.05, 0) is 110 Å². The summed E-state index contributed by atoms with van der Waals surface area (Å²) in [6.07, 6.45) is 1.68. The first kappa shape index (κ1) is 24.2. The molecule has 0 aromatic heterocycles. The molecule has 0 spiro atoms. The maximum atomic E-state index is 9.18. The summed E-state index contributed by atoms with van der Waals surface area (Å²) in [4.78, 5) is 0. The third-order valence-corrected chi connectivity index (χ3v) is 5.59. The Morgan fingerprint density at radius 3 is 1.20 bits per heavy atom. The lowest BCUT2D eigenvalue weighted by atomic mass is 9.96. The molecule has 2 aromatic rings. The average Bonchev–Trinajstić information content (AvgIpc) is 2.71. The molecule has 0 radical (unpaired) electrons. The fourth-order valence-electron chi connectivity index (χ4n) is 3.60. The van der Waals surface area contributed by atoms with Crippen molar-refractivity contribution >= 4 is 0 Å². The van der Waals surface area contributed by atoms with Crippen LogP contribution in [-0.2, 0) is 0 Å². The van der Waals surface area contributed by atoms with E-state index in [1.54, 1.807) is 0 Å². The third kappa shape index (κ3) is 6.48. The van der Waals surface area contributed by atoms with Gasteiger partial charge in [0.2, 0.25) is 0 Å². The third-order valence-electron chi connectivity index (χ3n) is 5.59. The molecule has 0 bridgehead atoms. The van der Waals surface area contributed by atoms with Gasteiger partial charge in [-0.3, -0.25) is 0 Å². The molecule has 4 heteroatoms. The number of ether oxygens (including phenoxy) is 2. The minimum Gasteiger partial charge on any atom is -0.493 e. The van der Waals surface area contributed by atoms with Crippen molar-refractivity contribution in [2.45, 2.75) is 54.4 Å². The second-order valence-electron chi connectivity index (χ2n) is 8.73. The van der Waals surface area contributed by atoms with E-state index in [9.17, 15) is 10.2 Å². The number of aryl methyl sites for hydroxylation is 4. The number of benzene rings is 2. The Morgan fingerprint density at radius 1 is 0.633 bits per heavy atom. The normalized spacial score (nSPS) is 13.2. The van der Waals surface area contributed by atoms with E-state index in [1.165, 1.54) is 11.1 Å². The predicted octanol–water partition coefficient (Wildman–Crippen LogP) is 5.38. The van der Waals surface area contributed by atoms with Crippen molar-refractivity contribution in [1.29, 1.82) is 0 Å². The minimum absolute atomic E-state index is 0.194. The highest BCUT2D eigenvalue weighted by Crippen LogP contribution is 2.34. The lowest BCUT2D eigenvalue weighted by Gasteiger charge is -2.18. The molecule has 0 aliphatic rings.